The summed E-state index contributed by atoms with van der Waals surface area (Å²) in [6, 6.07) is 8.49. The fourth-order valence-electron chi connectivity index (χ4n) is 5.52. The van der Waals surface area contributed by atoms with Crippen molar-refractivity contribution in [2.24, 2.45) is 0 Å². The van der Waals surface area contributed by atoms with Crippen LogP contribution in [-0.2, 0) is 10.3 Å². The van der Waals surface area contributed by atoms with E-state index in [2.05, 4.69) is 9.83 Å². The van der Waals surface area contributed by atoms with Crippen LogP contribution in [0.2, 0.25) is 0 Å². The fraction of sp³-hybridized carbons (Fsp3) is 0.467. The zero-order chi connectivity index (χ0) is 30.0. The number of halogens is 3. The van der Waals surface area contributed by atoms with E-state index in [0.717, 1.165) is 0 Å². The summed E-state index contributed by atoms with van der Waals surface area (Å²) in [5.74, 6) is -3.96. The third-order valence-electron chi connectivity index (χ3n) is 7.45. The Labute approximate surface area is 235 Å². The van der Waals surface area contributed by atoms with E-state index >= 15 is 0 Å². The molecule has 1 aromatic carbocycles. The van der Waals surface area contributed by atoms with E-state index in [1.165, 1.54) is 36.4 Å². The molecule has 2 amide bonds. The smallest absolute Gasteiger partial charge is 0.410 e. The van der Waals surface area contributed by atoms with Gasteiger partial charge in [0, 0.05) is 31.3 Å². The van der Waals surface area contributed by atoms with Gasteiger partial charge < -0.3 is 23.8 Å². The van der Waals surface area contributed by atoms with Crippen LogP contribution in [0.3, 0.4) is 0 Å². The van der Waals surface area contributed by atoms with Gasteiger partial charge in [-0.15, -0.1) is 0 Å². The average molecular weight is 569 g/mol. The van der Waals surface area contributed by atoms with Crippen LogP contribution in [0.15, 0.2) is 40.8 Å². The molecule has 0 unspecified atom stereocenters. The third-order valence-corrected chi connectivity index (χ3v) is 7.45. The van der Waals surface area contributed by atoms with Crippen molar-refractivity contribution in [1.29, 1.82) is 0 Å². The molecule has 2 aliphatic rings. The van der Waals surface area contributed by atoms with Crippen molar-refractivity contribution < 1.29 is 31.9 Å². The van der Waals surface area contributed by atoms with Gasteiger partial charge in [0.2, 0.25) is 0 Å². The van der Waals surface area contributed by atoms with Crippen molar-refractivity contribution in [3.8, 4) is 11.3 Å². The van der Waals surface area contributed by atoms with Crippen molar-refractivity contribution in [3.05, 3.63) is 65.0 Å². The largest absolute Gasteiger partial charge is 0.449 e. The number of ether oxygens (including phenoxy) is 1. The number of carbonyl (C=O) groups excluding carboxylic acids is 2. The van der Waals surface area contributed by atoms with Crippen LogP contribution in [0.4, 0.5) is 18.0 Å². The standard InChI is InChI=1S/C30H31F3N4O4/c1-27(2,3)41-26(39)36-11-12-37(28(4,5)17-36)25(38)23-14-22-24(40-23)20(29(34-6)15-30(32,33)16-29)13-21(35-22)18-7-9-19(31)10-8-18/h7-10,13-14H,11-12,15-17H2,1-5H3. The van der Waals surface area contributed by atoms with Gasteiger partial charge in [-0.05, 0) is 65.0 Å². The van der Waals surface area contributed by atoms with E-state index in [0.29, 0.717) is 11.3 Å². The Bertz CT molecular complexity index is 1560. The van der Waals surface area contributed by atoms with Gasteiger partial charge >= 0.3 is 6.09 Å². The highest BCUT2D eigenvalue weighted by Gasteiger charge is 2.65. The predicted octanol–water partition coefficient (Wildman–Crippen LogP) is 6.65. The monoisotopic (exact) mass is 568 g/mol. The summed E-state index contributed by atoms with van der Waals surface area (Å²) in [6.07, 6.45) is -1.84. The molecule has 1 aliphatic carbocycles. The summed E-state index contributed by atoms with van der Waals surface area (Å²) in [6.45, 7) is 17.5. The molecular weight excluding hydrogens is 537 g/mol. The van der Waals surface area contributed by atoms with Crippen molar-refractivity contribution in [3.63, 3.8) is 0 Å². The molecule has 1 saturated heterocycles. The van der Waals surface area contributed by atoms with E-state index in [1.807, 2.05) is 13.8 Å². The Kier molecular flexibility index (Phi) is 6.59. The van der Waals surface area contributed by atoms with E-state index in [-0.39, 0.29) is 42.1 Å². The molecule has 11 heteroatoms. The molecule has 1 aliphatic heterocycles. The number of fused-ring (bicyclic) bond motifs is 1. The number of hydrogen-bond acceptors (Lipinski definition) is 5. The number of amides is 2. The van der Waals surface area contributed by atoms with Gasteiger partial charge in [-0.3, -0.25) is 4.79 Å². The lowest BCUT2D eigenvalue weighted by molar-refractivity contribution is -0.112. The van der Waals surface area contributed by atoms with Crippen LogP contribution < -0.4 is 0 Å². The molecule has 0 bridgehead atoms. The molecule has 0 N–H and O–H groups in total. The number of benzene rings is 1. The van der Waals surface area contributed by atoms with Crippen LogP contribution in [0.1, 0.15) is 63.6 Å². The minimum atomic E-state index is -3.00. The molecule has 0 atom stereocenters. The molecular formula is C30H31F3N4O4. The first kappa shape index (κ1) is 28.5. The second kappa shape index (κ2) is 9.50. The number of alkyl halides is 2. The third kappa shape index (κ3) is 5.35. The molecule has 2 aromatic heterocycles. The van der Waals surface area contributed by atoms with Gasteiger partial charge in [-0.2, -0.15) is 0 Å². The summed E-state index contributed by atoms with van der Waals surface area (Å²) in [7, 11) is 0. The van der Waals surface area contributed by atoms with Gasteiger partial charge in [0.1, 0.15) is 16.9 Å². The van der Waals surface area contributed by atoms with Crippen LogP contribution in [0.5, 0.6) is 0 Å². The minimum absolute atomic E-state index is 0.0602. The molecule has 3 heterocycles. The van der Waals surface area contributed by atoms with Crippen LogP contribution in [-0.4, -0.2) is 63.5 Å². The quantitative estimate of drug-likeness (QED) is 0.331. The Morgan fingerprint density at radius 3 is 2.32 bits per heavy atom. The molecule has 3 aromatic rings. The number of carbonyl (C=O) groups is 2. The number of aromatic nitrogens is 1. The summed E-state index contributed by atoms with van der Waals surface area (Å²) < 4.78 is 53.2. The molecule has 216 valence electrons. The lowest BCUT2D eigenvalue weighted by atomic mass is 9.69. The fourth-order valence-corrected chi connectivity index (χ4v) is 5.52. The lowest BCUT2D eigenvalue weighted by Gasteiger charge is -2.46. The summed E-state index contributed by atoms with van der Waals surface area (Å²) >= 11 is 0. The number of hydrogen-bond donors (Lipinski definition) is 0. The van der Waals surface area contributed by atoms with Gasteiger partial charge in [0.25, 0.3) is 17.4 Å². The highest BCUT2D eigenvalue weighted by atomic mass is 19.3. The predicted molar refractivity (Wildman–Crippen MR) is 145 cm³/mol. The summed E-state index contributed by atoms with van der Waals surface area (Å²) in [5, 5.41) is 0. The van der Waals surface area contributed by atoms with E-state index < -0.39 is 53.3 Å². The van der Waals surface area contributed by atoms with E-state index in [9.17, 15) is 22.8 Å². The second-order valence-corrected chi connectivity index (χ2v) is 12.4. The molecule has 2 fully saturated rings. The van der Waals surface area contributed by atoms with Crippen molar-refractivity contribution in [2.75, 3.05) is 19.6 Å². The molecule has 0 radical (unpaired) electrons. The molecule has 0 spiro atoms. The van der Waals surface area contributed by atoms with Crippen LogP contribution in [0, 0.1) is 12.4 Å². The number of furan rings is 1. The Hall–Kier alpha value is -4.07. The Morgan fingerprint density at radius 1 is 1.10 bits per heavy atom. The number of rotatable bonds is 3. The van der Waals surface area contributed by atoms with Gasteiger partial charge in [-0.25, -0.2) is 29.5 Å². The first-order valence-corrected chi connectivity index (χ1v) is 13.3. The molecule has 5 rings (SSSR count). The van der Waals surface area contributed by atoms with Gasteiger partial charge in [-0.1, -0.05) is 0 Å². The zero-order valence-electron chi connectivity index (χ0n) is 23.6. The summed E-state index contributed by atoms with van der Waals surface area (Å²) in [5.41, 5.74) is -1.58. The topological polar surface area (TPSA) is 80.2 Å². The van der Waals surface area contributed by atoms with Crippen molar-refractivity contribution in [2.45, 2.75) is 70.1 Å². The molecule has 8 nitrogen and oxygen atoms in total. The SMILES string of the molecule is [C-]#[N+]C1(c2cc(-c3ccc(F)cc3)nc3cc(C(=O)N4CCN(C(=O)OC(C)(C)C)CC4(C)C)oc23)CC(F)(F)C1. The van der Waals surface area contributed by atoms with Crippen LogP contribution >= 0.6 is 0 Å². The van der Waals surface area contributed by atoms with Gasteiger partial charge in [0.05, 0.1) is 29.6 Å². The average Bonchev–Trinajstić information content (AvgIpc) is 3.29. The highest BCUT2D eigenvalue weighted by Crippen LogP contribution is 2.56. The first-order chi connectivity index (χ1) is 19.0. The maximum Gasteiger partial charge on any atom is 0.410 e. The van der Waals surface area contributed by atoms with E-state index in [4.69, 9.17) is 15.7 Å². The Morgan fingerprint density at radius 2 is 1.76 bits per heavy atom. The Balaban J connectivity index is 1.51. The van der Waals surface area contributed by atoms with Crippen LogP contribution in [0.25, 0.3) is 27.2 Å². The molecule has 1 saturated carbocycles. The molecule has 41 heavy (non-hydrogen) atoms. The lowest BCUT2D eigenvalue weighted by Crippen LogP contribution is -2.62. The van der Waals surface area contributed by atoms with Crippen molar-refractivity contribution >= 4 is 23.1 Å². The minimum Gasteiger partial charge on any atom is -0.449 e. The summed E-state index contributed by atoms with van der Waals surface area (Å²) in [4.78, 5) is 37.7. The second-order valence-electron chi connectivity index (χ2n) is 12.4. The normalized spacial score (nSPS) is 19.4. The maximum atomic E-state index is 14.1. The first-order valence-electron chi connectivity index (χ1n) is 13.3. The van der Waals surface area contributed by atoms with Crippen molar-refractivity contribution in [1.82, 2.24) is 14.8 Å². The number of piperazine rings is 1. The zero-order valence-corrected chi connectivity index (χ0v) is 23.6. The van der Waals surface area contributed by atoms with E-state index in [1.54, 1.807) is 30.6 Å². The van der Waals surface area contributed by atoms with Gasteiger partial charge in [0.15, 0.2) is 11.3 Å². The number of pyridine rings is 1. The maximum absolute atomic E-state index is 14.1. The highest BCUT2D eigenvalue weighted by molar-refractivity contribution is 5.97. The number of nitrogens with zero attached hydrogens (tertiary/aromatic N) is 4.